The number of aromatic nitrogens is 1. The summed E-state index contributed by atoms with van der Waals surface area (Å²) in [6, 6.07) is 10.1. The average molecular weight is 270 g/mol. The third-order valence-electron chi connectivity index (χ3n) is 3.60. The number of aliphatic hydroxyl groups is 1. The number of aryl methyl sites for hydroxylation is 2. The van der Waals surface area contributed by atoms with Crippen LogP contribution in [0.15, 0.2) is 42.7 Å². The first-order chi connectivity index (χ1) is 9.56. The minimum absolute atomic E-state index is 0.457. The Bertz CT molecular complexity index is 554. The van der Waals surface area contributed by atoms with Gasteiger partial charge in [0.05, 0.1) is 6.10 Å². The van der Waals surface area contributed by atoms with E-state index in [1.54, 1.807) is 12.4 Å². The van der Waals surface area contributed by atoms with Gasteiger partial charge in [-0.2, -0.15) is 0 Å². The quantitative estimate of drug-likeness (QED) is 0.907. The van der Waals surface area contributed by atoms with Gasteiger partial charge in [0.1, 0.15) is 0 Å². The van der Waals surface area contributed by atoms with E-state index < -0.39 is 6.10 Å². The lowest BCUT2D eigenvalue weighted by Crippen LogP contribution is -2.24. The van der Waals surface area contributed by atoms with Crippen LogP contribution in [0.3, 0.4) is 0 Å². The van der Waals surface area contributed by atoms with E-state index in [1.165, 1.54) is 16.7 Å². The van der Waals surface area contributed by atoms with Crippen molar-refractivity contribution in [2.75, 3.05) is 13.6 Å². The molecule has 0 spiro atoms. The zero-order chi connectivity index (χ0) is 14.5. The smallest absolute Gasteiger partial charge is 0.0917 e. The molecule has 0 radical (unpaired) electrons. The summed E-state index contributed by atoms with van der Waals surface area (Å²) in [7, 11) is 2.02. The molecule has 1 aromatic heterocycles. The number of hydrogen-bond acceptors (Lipinski definition) is 3. The van der Waals surface area contributed by atoms with Crippen LogP contribution in [0, 0.1) is 13.8 Å². The molecule has 0 aliphatic heterocycles. The maximum atomic E-state index is 10.3. The van der Waals surface area contributed by atoms with Gasteiger partial charge in [-0.1, -0.05) is 18.2 Å². The largest absolute Gasteiger partial charge is 0.387 e. The molecule has 0 fully saturated rings. The molecule has 1 unspecified atom stereocenters. The first-order valence-electron chi connectivity index (χ1n) is 6.89. The van der Waals surface area contributed by atoms with Crippen molar-refractivity contribution in [3.05, 3.63) is 65.0 Å². The SMILES string of the molecule is Cc1ccc(C(O)CN(C)Cc2ccncc2)cc1C. The Morgan fingerprint density at radius 3 is 2.45 bits per heavy atom. The second-order valence-corrected chi connectivity index (χ2v) is 5.41. The fraction of sp³-hybridized carbons (Fsp3) is 0.353. The van der Waals surface area contributed by atoms with Gasteiger partial charge >= 0.3 is 0 Å². The molecule has 0 saturated carbocycles. The standard InChI is InChI=1S/C17H22N2O/c1-13-4-5-16(10-14(13)2)17(20)12-19(3)11-15-6-8-18-9-7-15/h4-10,17,20H,11-12H2,1-3H3. The Morgan fingerprint density at radius 1 is 1.10 bits per heavy atom. The van der Waals surface area contributed by atoms with Crippen LogP contribution >= 0.6 is 0 Å². The van der Waals surface area contributed by atoms with Gasteiger partial charge in [0.25, 0.3) is 0 Å². The van der Waals surface area contributed by atoms with Gasteiger partial charge in [0.2, 0.25) is 0 Å². The number of pyridine rings is 1. The summed E-state index contributed by atoms with van der Waals surface area (Å²) in [4.78, 5) is 6.13. The summed E-state index contributed by atoms with van der Waals surface area (Å²) in [6.07, 6.45) is 3.13. The van der Waals surface area contributed by atoms with E-state index in [1.807, 2.05) is 25.2 Å². The molecule has 0 bridgehead atoms. The molecule has 0 saturated heterocycles. The third kappa shape index (κ3) is 3.89. The van der Waals surface area contributed by atoms with Gasteiger partial charge in [-0.05, 0) is 55.3 Å². The van der Waals surface area contributed by atoms with E-state index in [4.69, 9.17) is 0 Å². The molecule has 1 aromatic carbocycles. The molecule has 0 aliphatic carbocycles. The zero-order valence-corrected chi connectivity index (χ0v) is 12.4. The second-order valence-electron chi connectivity index (χ2n) is 5.41. The number of likely N-dealkylation sites (N-methyl/N-ethyl adjacent to an activating group) is 1. The van der Waals surface area contributed by atoms with E-state index in [0.29, 0.717) is 6.54 Å². The predicted molar refractivity (Wildman–Crippen MR) is 81.4 cm³/mol. The van der Waals surface area contributed by atoms with Crippen molar-refractivity contribution in [1.82, 2.24) is 9.88 Å². The van der Waals surface area contributed by atoms with Crippen LogP contribution in [0.1, 0.15) is 28.4 Å². The van der Waals surface area contributed by atoms with Gasteiger partial charge in [-0.15, -0.1) is 0 Å². The lowest BCUT2D eigenvalue weighted by Gasteiger charge is -2.21. The van der Waals surface area contributed by atoms with Gasteiger partial charge in [0, 0.05) is 25.5 Å². The Labute approximate surface area is 120 Å². The number of hydrogen-bond donors (Lipinski definition) is 1. The predicted octanol–water partition coefficient (Wildman–Crippen LogP) is 2.86. The van der Waals surface area contributed by atoms with Crippen molar-refractivity contribution in [2.45, 2.75) is 26.5 Å². The molecule has 0 amide bonds. The summed E-state index contributed by atoms with van der Waals surface area (Å²) >= 11 is 0. The number of nitrogens with zero attached hydrogens (tertiary/aromatic N) is 2. The van der Waals surface area contributed by atoms with Crippen molar-refractivity contribution in [3.8, 4) is 0 Å². The van der Waals surface area contributed by atoms with Crippen LogP contribution in [0.2, 0.25) is 0 Å². The third-order valence-corrected chi connectivity index (χ3v) is 3.60. The van der Waals surface area contributed by atoms with Gasteiger partial charge < -0.3 is 5.11 Å². The fourth-order valence-corrected chi connectivity index (χ4v) is 2.24. The first-order valence-corrected chi connectivity index (χ1v) is 6.89. The van der Waals surface area contributed by atoms with Crippen molar-refractivity contribution in [2.24, 2.45) is 0 Å². The zero-order valence-electron chi connectivity index (χ0n) is 12.4. The highest BCUT2D eigenvalue weighted by molar-refractivity contribution is 5.31. The lowest BCUT2D eigenvalue weighted by atomic mass is 10.0. The molecule has 1 heterocycles. The number of rotatable bonds is 5. The van der Waals surface area contributed by atoms with Crippen LogP contribution in [-0.4, -0.2) is 28.6 Å². The molecule has 3 heteroatoms. The minimum Gasteiger partial charge on any atom is -0.387 e. The van der Waals surface area contributed by atoms with Crippen molar-refractivity contribution in [1.29, 1.82) is 0 Å². The molecule has 20 heavy (non-hydrogen) atoms. The Balaban J connectivity index is 1.96. The Morgan fingerprint density at radius 2 is 1.80 bits per heavy atom. The summed E-state index contributed by atoms with van der Waals surface area (Å²) in [5.41, 5.74) is 4.66. The summed E-state index contributed by atoms with van der Waals surface area (Å²) in [5, 5.41) is 10.3. The molecule has 2 aromatic rings. The molecule has 0 aliphatic rings. The van der Waals surface area contributed by atoms with Gasteiger partial charge in [-0.3, -0.25) is 9.88 Å². The average Bonchev–Trinajstić information content (AvgIpc) is 2.42. The summed E-state index contributed by atoms with van der Waals surface area (Å²) < 4.78 is 0. The number of benzene rings is 1. The van der Waals surface area contributed by atoms with E-state index in [-0.39, 0.29) is 0 Å². The monoisotopic (exact) mass is 270 g/mol. The molecule has 2 rings (SSSR count). The van der Waals surface area contributed by atoms with Crippen molar-refractivity contribution in [3.63, 3.8) is 0 Å². The van der Waals surface area contributed by atoms with Crippen LogP contribution in [0.4, 0.5) is 0 Å². The normalized spacial score (nSPS) is 12.7. The maximum Gasteiger partial charge on any atom is 0.0917 e. The first kappa shape index (κ1) is 14.7. The van der Waals surface area contributed by atoms with E-state index in [0.717, 1.165) is 12.1 Å². The molecule has 1 atom stereocenters. The van der Waals surface area contributed by atoms with E-state index in [2.05, 4.69) is 35.9 Å². The Hall–Kier alpha value is -1.71. The fourth-order valence-electron chi connectivity index (χ4n) is 2.24. The molecular weight excluding hydrogens is 248 g/mol. The van der Waals surface area contributed by atoms with Crippen molar-refractivity contribution < 1.29 is 5.11 Å². The highest BCUT2D eigenvalue weighted by Crippen LogP contribution is 2.18. The van der Waals surface area contributed by atoms with Crippen LogP contribution in [-0.2, 0) is 6.54 Å². The Kier molecular flexibility index (Phi) is 4.88. The minimum atomic E-state index is -0.457. The van der Waals surface area contributed by atoms with Gasteiger partial charge in [-0.25, -0.2) is 0 Å². The second kappa shape index (κ2) is 6.64. The van der Waals surface area contributed by atoms with E-state index >= 15 is 0 Å². The highest BCUT2D eigenvalue weighted by atomic mass is 16.3. The van der Waals surface area contributed by atoms with Crippen LogP contribution in [0.25, 0.3) is 0 Å². The number of aliphatic hydroxyl groups excluding tert-OH is 1. The molecule has 1 N–H and O–H groups in total. The highest BCUT2D eigenvalue weighted by Gasteiger charge is 2.11. The summed E-state index contributed by atoms with van der Waals surface area (Å²) in [5.74, 6) is 0. The molecule has 106 valence electrons. The summed E-state index contributed by atoms with van der Waals surface area (Å²) in [6.45, 7) is 5.59. The van der Waals surface area contributed by atoms with Crippen molar-refractivity contribution >= 4 is 0 Å². The van der Waals surface area contributed by atoms with Gasteiger partial charge in [0.15, 0.2) is 0 Å². The molecule has 3 nitrogen and oxygen atoms in total. The van der Waals surface area contributed by atoms with E-state index in [9.17, 15) is 5.11 Å². The maximum absolute atomic E-state index is 10.3. The lowest BCUT2D eigenvalue weighted by molar-refractivity contribution is 0.124. The van der Waals surface area contributed by atoms with Crippen LogP contribution in [0.5, 0.6) is 0 Å². The van der Waals surface area contributed by atoms with Crippen LogP contribution < -0.4 is 0 Å². The topological polar surface area (TPSA) is 36.4 Å². The molecular formula is C17H22N2O.